The number of nitrogens with one attached hydrogen (secondary N) is 1. The Morgan fingerprint density at radius 3 is 2.89 bits per heavy atom. The topological polar surface area (TPSA) is 42.7 Å². The zero-order valence-electron chi connectivity index (χ0n) is 10.6. The van der Waals surface area contributed by atoms with E-state index in [9.17, 15) is 0 Å². The number of imidazole rings is 1. The molecule has 18 heavy (non-hydrogen) atoms. The molecule has 2 aromatic heterocycles. The van der Waals surface area contributed by atoms with Gasteiger partial charge < -0.3 is 9.88 Å². The highest BCUT2D eigenvalue weighted by molar-refractivity contribution is 6.31. The molecule has 0 fully saturated rings. The quantitative estimate of drug-likeness (QED) is 0.903. The molecule has 4 nitrogen and oxygen atoms in total. The molecule has 2 aromatic rings. The second-order valence-corrected chi connectivity index (χ2v) is 4.48. The van der Waals surface area contributed by atoms with Gasteiger partial charge in [-0.1, -0.05) is 18.5 Å². The van der Waals surface area contributed by atoms with E-state index >= 15 is 0 Å². The smallest absolute Gasteiger partial charge is 0.132 e. The average Bonchev–Trinajstić information content (AvgIpc) is 2.82. The minimum atomic E-state index is -0.0831. The summed E-state index contributed by atoms with van der Waals surface area (Å²) in [5, 5.41) is 3.89. The van der Waals surface area contributed by atoms with Crippen molar-refractivity contribution in [3.05, 3.63) is 47.3 Å². The lowest BCUT2D eigenvalue weighted by Crippen LogP contribution is -2.23. The largest absolute Gasteiger partial charge is 0.333 e. The molecule has 2 rings (SSSR count). The molecule has 0 aliphatic heterocycles. The first-order chi connectivity index (χ1) is 8.77. The SMILES string of the molecule is CCCn1ccnc1C(NC)c1ncccc1Cl. The number of hydrogen-bond acceptors (Lipinski definition) is 3. The normalized spacial score (nSPS) is 12.6. The van der Waals surface area contributed by atoms with Crippen LogP contribution in [-0.2, 0) is 6.54 Å². The molecule has 0 spiro atoms. The van der Waals surface area contributed by atoms with Gasteiger partial charge in [0.2, 0.25) is 0 Å². The number of halogens is 1. The minimum absolute atomic E-state index is 0.0831. The molecule has 2 heterocycles. The summed E-state index contributed by atoms with van der Waals surface area (Å²) < 4.78 is 2.13. The molecule has 0 radical (unpaired) electrons. The van der Waals surface area contributed by atoms with Crippen LogP contribution in [-0.4, -0.2) is 21.6 Å². The van der Waals surface area contributed by atoms with Crippen LogP contribution in [0.25, 0.3) is 0 Å². The first-order valence-corrected chi connectivity index (χ1v) is 6.44. The van der Waals surface area contributed by atoms with Crippen molar-refractivity contribution < 1.29 is 0 Å². The Bertz CT molecular complexity index is 509. The van der Waals surface area contributed by atoms with E-state index in [1.807, 2.05) is 31.6 Å². The third-order valence-electron chi connectivity index (χ3n) is 2.82. The highest BCUT2D eigenvalue weighted by Crippen LogP contribution is 2.25. The van der Waals surface area contributed by atoms with Crippen LogP contribution in [0.5, 0.6) is 0 Å². The molecule has 0 aliphatic carbocycles. The molecule has 5 heteroatoms. The highest BCUT2D eigenvalue weighted by Gasteiger charge is 2.20. The molecule has 1 N–H and O–H groups in total. The number of rotatable bonds is 5. The maximum Gasteiger partial charge on any atom is 0.132 e. The van der Waals surface area contributed by atoms with Crippen molar-refractivity contribution in [2.24, 2.45) is 0 Å². The lowest BCUT2D eigenvalue weighted by atomic mass is 10.1. The Labute approximate surface area is 112 Å². The van der Waals surface area contributed by atoms with E-state index < -0.39 is 0 Å². The van der Waals surface area contributed by atoms with Crippen LogP contribution in [0, 0.1) is 0 Å². The van der Waals surface area contributed by atoms with Gasteiger partial charge in [-0.3, -0.25) is 4.98 Å². The van der Waals surface area contributed by atoms with E-state index in [1.54, 1.807) is 6.20 Å². The van der Waals surface area contributed by atoms with Crippen molar-refractivity contribution in [1.82, 2.24) is 19.9 Å². The van der Waals surface area contributed by atoms with Gasteiger partial charge in [0.15, 0.2) is 0 Å². The summed E-state index contributed by atoms with van der Waals surface area (Å²) in [4.78, 5) is 8.78. The molecule has 0 saturated heterocycles. The Morgan fingerprint density at radius 1 is 1.39 bits per heavy atom. The van der Waals surface area contributed by atoms with Gasteiger partial charge in [0.25, 0.3) is 0 Å². The number of hydrogen-bond donors (Lipinski definition) is 1. The number of aromatic nitrogens is 3. The van der Waals surface area contributed by atoms with E-state index in [4.69, 9.17) is 11.6 Å². The molecule has 0 aromatic carbocycles. The second-order valence-electron chi connectivity index (χ2n) is 4.07. The fraction of sp³-hybridized carbons (Fsp3) is 0.385. The van der Waals surface area contributed by atoms with Crippen LogP contribution in [0.4, 0.5) is 0 Å². The van der Waals surface area contributed by atoms with Crippen molar-refractivity contribution in [3.8, 4) is 0 Å². The molecule has 96 valence electrons. The Morgan fingerprint density at radius 2 is 2.22 bits per heavy atom. The van der Waals surface area contributed by atoms with Crippen molar-refractivity contribution >= 4 is 11.6 Å². The third kappa shape index (κ3) is 2.54. The van der Waals surface area contributed by atoms with Crippen LogP contribution in [0.2, 0.25) is 5.02 Å². The van der Waals surface area contributed by atoms with E-state index in [2.05, 4.69) is 26.8 Å². The highest BCUT2D eigenvalue weighted by atomic mass is 35.5. The first kappa shape index (κ1) is 13.1. The standard InChI is InChI=1S/C13H17ClN4/c1-3-8-18-9-7-17-13(18)12(15-2)11-10(14)5-4-6-16-11/h4-7,9,12,15H,3,8H2,1-2H3. The maximum atomic E-state index is 6.20. The average molecular weight is 265 g/mol. The minimum Gasteiger partial charge on any atom is -0.333 e. The van der Waals surface area contributed by atoms with Gasteiger partial charge in [-0.2, -0.15) is 0 Å². The second kappa shape index (κ2) is 5.98. The molecule has 0 amide bonds. The van der Waals surface area contributed by atoms with Crippen LogP contribution in [0.3, 0.4) is 0 Å². The molecule has 0 bridgehead atoms. The van der Waals surface area contributed by atoms with Gasteiger partial charge in [-0.05, 0) is 25.6 Å². The first-order valence-electron chi connectivity index (χ1n) is 6.06. The lowest BCUT2D eigenvalue weighted by Gasteiger charge is -2.17. The van der Waals surface area contributed by atoms with E-state index in [0.717, 1.165) is 24.5 Å². The van der Waals surface area contributed by atoms with Gasteiger partial charge in [-0.15, -0.1) is 0 Å². The fourth-order valence-electron chi connectivity index (χ4n) is 2.01. The molecule has 0 saturated carbocycles. The Balaban J connectivity index is 2.39. The molecule has 1 atom stereocenters. The summed E-state index contributed by atoms with van der Waals surface area (Å²) in [7, 11) is 1.89. The van der Waals surface area contributed by atoms with Crippen molar-refractivity contribution in [3.63, 3.8) is 0 Å². The summed E-state index contributed by atoms with van der Waals surface area (Å²) in [6, 6.07) is 3.60. The fourth-order valence-corrected chi connectivity index (χ4v) is 2.24. The predicted molar refractivity (Wildman–Crippen MR) is 72.7 cm³/mol. The number of aryl methyl sites for hydroxylation is 1. The van der Waals surface area contributed by atoms with Crippen LogP contribution >= 0.6 is 11.6 Å². The summed E-state index contributed by atoms with van der Waals surface area (Å²) >= 11 is 6.20. The van der Waals surface area contributed by atoms with Gasteiger partial charge in [-0.25, -0.2) is 4.98 Å². The molecule has 0 aliphatic rings. The maximum absolute atomic E-state index is 6.20. The summed E-state index contributed by atoms with van der Waals surface area (Å²) in [5.74, 6) is 0.944. The van der Waals surface area contributed by atoms with Gasteiger partial charge >= 0.3 is 0 Å². The molecular weight excluding hydrogens is 248 g/mol. The molecule has 1 unspecified atom stereocenters. The third-order valence-corrected chi connectivity index (χ3v) is 3.14. The van der Waals surface area contributed by atoms with Crippen molar-refractivity contribution in [1.29, 1.82) is 0 Å². The van der Waals surface area contributed by atoms with E-state index in [1.165, 1.54) is 0 Å². The lowest BCUT2D eigenvalue weighted by molar-refractivity contribution is 0.559. The Kier molecular flexibility index (Phi) is 4.33. The summed E-state index contributed by atoms with van der Waals surface area (Å²) in [6.45, 7) is 3.09. The molecular formula is C13H17ClN4. The van der Waals surface area contributed by atoms with E-state index in [-0.39, 0.29) is 6.04 Å². The van der Waals surface area contributed by atoms with Crippen molar-refractivity contribution in [2.75, 3.05) is 7.05 Å². The zero-order chi connectivity index (χ0) is 13.0. The number of pyridine rings is 1. The van der Waals surface area contributed by atoms with Gasteiger partial charge in [0, 0.05) is 25.1 Å². The van der Waals surface area contributed by atoms with Crippen LogP contribution in [0.15, 0.2) is 30.7 Å². The van der Waals surface area contributed by atoms with Crippen LogP contribution < -0.4 is 5.32 Å². The predicted octanol–water partition coefficient (Wildman–Crippen LogP) is 2.65. The monoisotopic (exact) mass is 264 g/mol. The summed E-state index contributed by atoms with van der Waals surface area (Å²) in [5.41, 5.74) is 0.810. The Hall–Kier alpha value is -1.39. The number of nitrogens with zero attached hydrogens (tertiary/aromatic N) is 3. The summed E-state index contributed by atoms with van der Waals surface area (Å²) in [6.07, 6.45) is 6.61. The zero-order valence-corrected chi connectivity index (χ0v) is 11.4. The van der Waals surface area contributed by atoms with Crippen LogP contribution in [0.1, 0.15) is 30.9 Å². The van der Waals surface area contributed by atoms with Gasteiger partial charge in [0.05, 0.1) is 10.7 Å². The van der Waals surface area contributed by atoms with Gasteiger partial charge in [0.1, 0.15) is 11.9 Å². The van der Waals surface area contributed by atoms with Crippen molar-refractivity contribution in [2.45, 2.75) is 25.9 Å². The van der Waals surface area contributed by atoms with E-state index in [0.29, 0.717) is 5.02 Å².